The zero-order valence-corrected chi connectivity index (χ0v) is 14.2. The van der Waals surface area contributed by atoms with E-state index >= 15 is 0 Å². The summed E-state index contributed by atoms with van der Waals surface area (Å²) >= 11 is 0. The number of hydrogen-bond donors (Lipinski definition) is 1. The number of ether oxygens (including phenoxy) is 2. The van der Waals surface area contributed by atoms with Gasteiger partial charge in [-0.25, -0.2) is 4.79 Å². The number of nitrogens with zero attached hydrogens (tertiary/aromatic N) is 1. The number of rotatable bonds is 4. The summed E-state index contributed by atoms with van der Waals surface area (Å²) in [6, 6.07) is 8.11. The topological polar surface area (TPSA) is 50.8 Å². The quantitative estimate of drug-likeness (QED) is 0.928. The molecule has 1 aromatic rings. The van der Waals surface area contributed by atoms with E-state index in [0.29, 0.717) is 25.7 Å². The monoisotopic (exact) mass is 318 g/mol. The van der Waals surface area contributed by atoms with Gasteiger partial charge in [0.25, 0.3) is 0 Å². The lowest BCUT2D eigenvalue weighted by molar-refractivity contribution is -0.153. The fourth-order valence-corrected chi connectivity index (χ4v) is 3.55. The lowest BCUT2D eigenvalue weighted by Gasteiger charge is -2.26. The Morgan fingerprint density at radius 3 is 2.83 bits per heavy atom. The molecule has 3 rings (SSSR count). The number of urea groups is 1. The molecule has 5 heteroatoms. The van der Waals surface area contributed by atoms with E-state index in [9.17, 15) is 4.79 Å². The summed E-state index contributed by atoms with van der Waals surface area (Å²) in [5.74, 6) is 0.171. The molecule has 23 heavy (non-hydrogen) atoms. The highest BCUT2D eigenvalue weighted by Gasteiger charge is 2.33. The van der Waals surface area contributed by atoms with Crippen LogP contribution >= 0.6 is 0 Å². The van der Waals surface area contributed by atoms with Crippen molar-refractivity contribution in [3.63, 3.8) is 0 Å². The molecule has 0 spiro atoms. The lowest BCUT2D eigenvalue weighted by Crippen LogP contribution is -2.42. The molecular weight excluding hydrogens is 292 g/mol. The first-order valence-corrected chi connectivity index (χ1v) is 8.41. The number of anilines is 1. The van der Waals surface area contributed by atoms with Crippen molar-refractivity contribution in [2.24, 2.45) is 5.92 Å². The zero-order valence-electron chi connectivity index (χ0n) is 14.2. The standard InChI is InChI=1S/C18H26N2O3/c1-13(10-18(3)22-8-9-23-18)11-19-17(21)20-12-14(2)15-6-4-5-7-16(15)20/h4-7,13-14H,8-12H2,1-3H3,(H,19,21). The SMILES string of the molecule is CC(CNC(=O)N1CC(C)c2ccccc21)CC1(C)OCCO1. The van der Waals surface area contributed by atoms with E-state index in [1.807, 2.05) is 30.0 Å². The highest BCUT2D eigenvalue weighted by atomic mass is 16.7. The Kier molecular flexibility index (Phi) is 4.60. The third kappa shape index (κ3) is 3.51. The summed E-state index contributed by atoms with van der Waals surface area (Å²) < 4.78 is 11.3. The van der Waals surface area contributed by atoms with Crippen LogP contribution in [0.2, 0.25) is 0 Å². The van der Waals surface area contributed by atoms with Gasteiger partial charge >= 0.3 is 6.03 Å². The Balaban J connectivity index is 1.54. The fourth-order valence-electron chi connectivity index (χ4n) is 3.55. The fraction of sp³-hybridized carbons (Fsp3) is 0.611. The summed E-state index contributed by atoms with van der Waals surface area (Å²) in [6.45, 7) is 8.89. The average Bonchev–Trinajstić information content (AvgIpc) is 3.10. The number of carbonyl (C=O) groups excluding carboxylic acids is 1. The van der Waals surface area contributed by atoms with Crippen molar-refractivity contribution in [2.75, 3.05) is 31.2 Å². The van der Waals surface area contributed by atoms with Crippen LogP contribution in [-0.4, -0.2) is 38.1 Å². The van der Waals surface area contributed by atoms with Crippen molar-refractivity contribution in [1.82, 2.24) is 5.32 Å². The number of amides is 2. The van der Waals surface area contributed by atoms with E-state index in [-0.39, 0.29) is 11.9 Å². The Bertz CT molecular complexity index is 569. The van der Waals surface area contributed by atoms with Gasteiger partial charge in [-0.2, -0.15) is 0 Å². The van der Waals surface area contributed by atoms with Gasteiger partial charge < -0.3 is 14.8 Å². The molecule has 2 aliphatic heterocycles. The second-order valence-corrected chi connectivity index (χ2v) is 6.90. The number of hydrogen-bond acceptors (Lipinski definition) is 3. The van der Waals surface area contributed by atoms with Gasteiger partial charge in [-0.1, -0.05) is 32.0 Å². The molecule has 0 bridgehead atoms. The van der Waals surface area contributed by atoms with Gasteiger partial charge in [0, 0.05) is 31.1 Å². The summed E-state index contributed by atoms with van der Waals surface area (Å²) in [7, 11) is 0. The van der Waals surface area contributed by atoms with Crippen LogP contribution < -0.4 is 10.2 Å². The summed E-state index contributed by atoms with van der Waals surface area (Å²) in [5, 5.41) is 3.05. The first-order chi connectivity index (χ1) is 11.0. The van der Waals surface area contributed by atoms with E-state index < -0.39 is 5.79 Å². The smallest absolute Gasteiger partial charge is 0.321 e. The molecule has 1 saturated heterocycles. The minimum atomic E-state index is -0.501. The van der Waals surface area contributed by atoms with Crippen LogP contribution in [0.5, 0.6) is 0 Å². The van der Waals surface area contributed by atoms with Gasteiger partial charge in [-0.05, 0) is 24.5 Å². The highest BCUT2D eigenvalue weighted by molar-refractivity contribution is 5.94. The molecule has 1 fully saturated rings. The Morgan fingerprint density at radius 2 is 2.09 bits per heavy atom. The first kappa shape index (κ1) is 16.3. The number of carbonyl (C=O) groups is 1. The van der Waals surface area contributed by atoms with Crippen LogP contribution in [-0.2, 0) is 9.47 Å². The molecule has 0 radical (unpaired) electrons. The molecule has 0 saturated carbocycles. The van der Waals surface area contributed by atoms with E-state index in [1.165, 1.54) is 5.56 Å². The highest BCUT2D eigenvalue weighted by Crippen LogP contribution is 2.35. The van der Waals surface area contributed by atoms with Gasteiger partial charge in [0.2, 0.25) is 0 Å². The molecular formula is C18H26N2O3. The third-order valence-corrected chi connectivity index (χ3v) is 4.68. The molecule has 2 amide bonds. The Labute approximate surface area is 137 Å². The first-order valence-electron chi connectivity index (χ1n) is 8.41. The minimum absolute atomic E-state index is 0.0212. The second-order valence-electron chi connectivity index (χ2n) is 6.90. The number of nitrogens with one attached hydrogen (secondary N) is 1. The van der Waals surface area contributed by atoms with Crippen LogP contribution in [0.4, 0.5) is 10.5 Å². The number of benzene rings is 1. The van der Waals surface area contributed by atoms with Crippen molar-refractivity contribution < 1.29 is 14.3 Å². The van der Waals surface area contributed by atoms with E-state index in [4.69, 9.17) is 9.47 Å². The predicted octanol–water partition coefficient (Wildman–Crippen LogP) is 3.11. The molecule has 0 aromatic heterocycles. The molecule has 2 aliphatic rings. The molecule has 2 heterocycles. The van der Waals surface area contributed by atoms with Crippen LogP contribution in [0, 0.1) is 5.92 Å². The van der Waals surface area contributed by atoms with Crippen LogP contribution in [0.25, 0.3) is 0 Å². The summed E-state index contributed by atoms with van der Waals surface area (Å²) in [4.78, 5) is 14.4. The van der Waals surface area contributed by atoms with Gasteiger partial charge in [0.1, 0.15) is 0 Å². The normalized spacial score (nSPS) is 23.6. The van der Waals surface area contributed by atoms with Gasteiger partial charge in [-0.3, -0.25) is 4.90 Å². The Morgan fingerprint density at radius 1 is 1.39 bits per heavy atom. The third-order valence-electron chi connectivity index (χ3n) is 4.68. The van der Waals surface area contributed by atoms with Crippen molar-refractivity contribution in [2.45, 2.75) is 38.9 Å². The number of para-hydroxylation sites is 1. The maximum atomic E-state index is 12.5. The van der Waals surface area contributed by atoms with Crippen molar-refractivity contribution in [3.05, 3.63) is 29.8 Å². The number of fused-ring (bicyclic) bond motifs is 1. The molecule has 1 N–H and O–H groups in total. The van der Waals surface area contributed by atoms with Crippen molar-refractivity contribution in [3.8, 4) is 0 Å². The molecule has 0 aliphatic carbocycles. The van der Waals surface area contributed by atoms with Gasteiger partial charge in [0.05, 0.1) is 13.2 Å². The largest absolute Gasteiger partial charge is 0.348 e. The van der Waals surface area contributed by atoms with E-state index in [1.54, 1.807) is 0 Å². The van der Waals surface area contributed by atoms with Crippen molar-refractivity contribution in [1.29, 1.82) is 0 Å². The lowest BCUT2D eigenvalue weighted by atomic mass is 10.0. The molecule has 2 unspecified atom stereocenters. The minimum Gasteiger partial charge on any atom is -0.348 e. The van der Waals surface area contributed by atoms with Crippen molar-refractivity contribution >= 4 is 11.7 Å². The molecule has 126 valence electrons. The van der Waals surface area contributed by atoms with Crippen LogP contribution in [0.15, 0.2) is 24.3 Å². The molecule has 2 atom stereocenters. The van der Waals surface area contributed by atoms with Gasteiger partial charge in [-0.15, -0.1) is 0 Å². The Hall–Kier alpha value is -1.59. The summed E-state index contributed by atoms with van der Waals surface area (Å²) in [5.41, 5.74) is 2.27. The van der Waals surface area contributed by atoms with Crippen LogP contribution in [0.3, 0.4) is 0 Å². The average molecular weight is 318 g/mol. The maximum absolute atomic E-state index is 12.5. The zero-order chi connectivity index (χ0) is 16.4. The predicted molar refractivity (Wildman–Crippen MR) is 89.7 cm³/mol. The second kappa shape index (κ2) is 6.49. The molecule has 1 aromatic carbocycles. The van der Waals surface area contributed by atoms with E-state index in [0.717, 1.165) is 18.7 Å². The van der Waals surface area contributed by atoms with Crippen LogP contribution in [0.1, 0.15) is 38.7 Å². The molecule has 5 nitrogen and oxygen atoms in total. The van der Waals surface area contributed by atoms with E-state index in [2.05, 4.69) is 25.2 Å². The summed E-state index contributed by atoms with van der Waals surface area (Å²) in [6.07, 6.45) is 0.778. The maximum Gasteiger partial charge on any atom is 0.321 e. The van der Waals surface area contributed by atoms with Gasteiger partial charge in [0.15, 0.2) is 5.79 Å².